The second-order valence-corrected chi connectivity index (χ2v) is 5.52. The number of rotatable bonds is 5. The molecule has 0 bridgehead atoms. The first-order valence-electron chi connectivity index (χ1n) is 7.58. The van der Waals surface area contributed by atoms with Gasteiger partial charge in [-0.2, -0.15) is 5.10 Å². The molecule has 1 atom stereocenters. The Bertz CT molecular complexity index is 867. The molecule has 0 saturated heterocycles. The van der Waals surface area contributed by atoms with E-state index >= 15 is 0 Å². The average Bonchev–Trinajstić information content (AvgIpc) is 2.60. The lowest BCUT2D eigenvalue weighted by Crippen LogP contribution is -2.21. The van der Waals surface area contributed by atoms with Gasteiger partial charge in [0, 0.05) is 10.8 Å². The van der Waals surface area contributed by atoms with E-state index in [4.69, 9.17) is 15.2 Å². The van der Waals surface area contributed by atoms with Crippen molar-refractivity contribution in [2.75, 3.05) is 19.5 Å². The van der Waals surface area contributed by atoms with E-state index in [1.165, 1.54) is 0 Å². The molecule has 0 radical (unpaired) electrons. The fraction of sp³-hybridized carbons (Fsp3) is 0.222. The second-order valence-electron chi connectivity index (χ2n) is 5.52. The van der Waals surface area contributed by atoms with Gasteiger partial charge in [-0.25, -0.2) is 0 Å². The lowest BCUT2D eigenvalue weighted by Gasteiger charge is -2.17. The van der Waals surface area contributed by atoms with Gasteiger partial charge in [0.15, 0.2) is 17.3 Å². The van der Waals surface area contributed by atoms with Crippen LogP contribution in [0.15, 0.2) is 42.6 Å². The number of hydrogen-bond acceptors (Lipinski definition) is 6. The highest BCUT2D eigenvalue weighted by atomic mass is 16.5. The van der Waals surface area contributed by atoms with Crippen molar-refractivity contribution in [2.24, 2.45) is 5.73 Å². The Morgan fingerprint density at radius 2 is 1.83 bits per heavy atom. The molecular weight excluding hydrogens is 304 g/mol. The van der Waals surface area contributed by atoms with E-state index in [1.807, 2.05) is 43.3 Å². The summed E-state index contributed by atoms with van der Waals surface area (Å²) in [4.78, 5) is 0. The molecule has 24 heavy (non-hydrogen) atoms. The third kappa shape index (κ3) is 3.09. The zero-order valence-corrected chi connectivity index (χ0v) is 13.9. The minimum Gasteiger partial charge on any atom is -0.493 e. The van der Waals surface area contributed by atoms with Crippen molar-refractivity contribution in [3.8, 4) is 11.5 Å². The predicted octanol–water partition coefficient (Wildman–Crippen LogP) is 3.02. The molecule has 0 spiro atoms. The van der Waals surface area contributed by atoms with E-state index in [-0.39, 0.29) is 0 Å². The van der Waals surface area contributed by atoms with Crippen molar-refractivity contribution in [3.63, 3.8) is 0 Å². The van der Waals surface area contributed by atoms with Crippen LogP contribution >= 0.6 is 0 Å². The van der Waals surface area contributed by atoms with Crippen molar-refractivity contribution >= 4 is 16.6 Å². The zero-order chi connectivity index (χ0) is 17.1. The third-order valence-electron chi connectivity index (χ3n) is 3.86. The average molecular weight is 324 g/mol. The van der Waals surface area contributed by atoms with Gasteiger partial charge in [0.25, 0.3) is 0 Å². The minimum absolute atomic E-state index is 0.391. The number of benzene rings is 2. The molecule has 0 amide bonds. The number of nitrogens with one attached hydrogen (secondary N) is 1. The van der Waals surface area contributed by atoms with Gasteiger partial charge in [0.05, 0.1) is 20.4 Å². The molecule has 0 saturated carbocycles. The maximum absolute atomic E-state index is 6.28. The van der Waals surface area contributed by atoms with Crippen molar-refractivity contribution in [2.45, 2.75) is 13.1 Å². The van der Waals surface area contributed by atoms with Crippen LogP contribution in [0, 0.1) is 6.92 Å². The van der Waals surface area contributed by atoms with Gasteiger partial charge < -0.3 is 20.5 Å². The summed E-state index contributed by atoms with van der Waals surface area (Å²) < 4.78 is 10.7. The molecule has 6 heteroatoms. The lowest BCUT2D eigenvalue weighted by molar-refractivity contribution is 0.356. The highest BCUT2D eigenvalue weighted by molar-refractivity contribution is 5.93. The monoisotopic (exact) mass is 324 g/mol. The van der Waals surface area contributed by atoms with Crippen LogP contribution in [-0.4, -0.2) is 24.4 Å². The van der Waals surface area contributed by atoms with Crippen LogP contribution in [0.4, 0.5) is 5.82 Å². The maximum atomic E-state index is 6.28. The number of ether oxygens (including phenoxy) is 2. The molecule has 0 aliphatic rings. The first-order valence-corrected chi connectivity index (χ1v) is 7.58. The molecule has 0 aliphatic carbocycles. The summed E-state index contributed by atoms with van der Waals surface area (Å²) in [5.74, 6) is 1.87. The predicted molar refractivity (Wildman–Crippen MR) is 94.4 cm³/mol. The van der Waals surface area contributed by atoms with Crippen molar-refractivity contribution in [3.05, 3.63) is 53.7 Å². The van der Waals surface area contributed by atoms with Crippen LogP contribution in [-0.2, 0) is 0 Å². The Morgan fingerprint density at radius 3 is 2.54 bits per heavy atom. The third-order valence-corrected chi connectivity index (χ3v) is 3.86. The Hall–Kier alpha value is -2.86. The van der Waals surface area contributed by atoms with Gasteiger partial charge in [0.2, 0.25) is 0 Å². The van der Waals surface area contributed by atoms with E-state index in [9.17, 15) is 0 Å². The van der Waals surface area contributed by atoms with Gasteiger partial charge >= 0.3 is 0 Å². The van der Waals surface area contributed by atoms with Crippen molar-refractivity contribution in [1.29, 1.82) is 0 Å². The fourth-order valence-electron chi connectivity index (χ4n) is 2.61. The van der Waals surface area contributed by atoms with E-state index in [2.05, 4.69) is 15.5 Å². The number of fused-ring (bicyclic) bond motifs is 1. The van der Waals surface area contributed by atoms with E-state index in [0.29, 0.717) is 17.3 Å². The summed E-state index contributed by atoms with van der Waals surface area (Å²) >= 11 is 0. The number of hydrogen-bond donors (Lipinski definition) is 2. The van der Waals surface area contributed by atoms with Gasteiger partial charge in [0.1, 0.15) is 6.17 Å². The fourth-order valence-corrected chi connectivity index (χ4v) is 2.61. The van der Waals surface area contributed by atoms with E-state index < -0.39 is 6.17 Å². The van der Waals surface area contributed by atoms with E-state index in [0.717, 1.165) is 21.9 Å². The normalized spacial score (nSPS) is 12.0. The first kappa shape index (κ1) is 16.0. The van der Waals surface area contributed by atoms with Gasteiger partial charge in [-0.15, -0.1) is 5.10 Å². The first-order chi connectivity index (χ1) is 11.6. The summed E-state index contributed by atoms with van der Waals surface area (Å²) in [6.07, 6.45) is 1.29. The van der Waals surface area contributed by atoms with Gasteiger partial charge in [-0.05, 0) is 24.6 Å². The van der Waals surface area contributed by atoms with Crippen LogP contribution < -0.4 is 20.5 Å². The summed E-state index contributed by atoms with van der Waals surface area (Å²) in [5.41, 5.74) is 8.41. The van der Waals surface area contributed by atoms with Crippen LogP contribution in [0.1, 0.15) is 17.3 Å². The molecular formula is C18H20N4O2. The molecule has 0 fully saturated rings. The van der Waals surface area contributed by atoms with Gasteiger partial charge in [-0.3, -0.25) is 0 Å². The number of nitrogens with two attached hydrogens (primary N) is 1. The van der Waals surface area contributed by atoms with Crippen LogP contribution in [0.5, 0.6) is 11.5 Å². The molecule has 3 N–H and O–H groups in total. The van der Waals surface area contributed by atoms with E-state index in [1.54, 1.807) is 20.4 Å². The van der Waals surface area contributed by atoms with Gasteiger partial charge in [-0.1, -0.05) is 29.8 Å². The largest absolute Gasteiger partial charge is 0.493 e. The molecule has 0 aliphatic heterocycles. The number of nitrogens with zero attached hydrogens (tertiary/aromatic N) is 2. The van der Waals surface area contributed by atoms with Crippen LogP contribution in [0.25, 0.3) is 10.8 Å². The Balaban J connectivity index is 2.00. The highest BCUT2D eigenvalue weighted by Gasteiger charge is 2.13. The highest BCUT2D eigenvalue weighted by Crippen LogP contribution is 2.34. The number of aromatic nitrogens is 2. The Labute approximate surface area is 140 Å². The summed E-state index contributed by atoms with van der Waals surface area (Å²) in [7, 11) is 3.20. The second kappa shape index (κ2) is 6.72. The number of anilines is 1. The van der Waals surface area contributed by atoms with Crippen LogP contribution in [0.2, 0.25) is 0 Å². The molecule has 3 aromatic rings. The molecule has 1 heterocycles. The van der Waals surface area contributed by atoms with Crippen molar-refractivity contribution < 1.29 is 9.47 Å². The van der Waals surface area contributed by atoms with Crippen molar-refractivity contribution in [1.82, 2.24) is 10.2 Å². The molecule has 0 unspecified atom stereocenters. The molecule has 6 nitrogen and oxygen atoms in total. The molecule has 3 rings (SSSR count). The zero-order valence-electron chi connectivity index (χ0n) is 13.9. The maximum Gasteiger partial charge on any atom is 0.161 e. The van der Waals surface area contributed by atoms with Crippen LogP contribution in [0.3, 0.4) is 0 Å². The topological polar surface area (TPSA) is 82.3 Å². The lowest BCUT2D eigenvalue weighted by atomic mass is 10.1. The Kier molecular flexibility index (Phi) is 4.48. The SMILES string of the molecule is COc1cc2cnnc(N[C@H](N)c3cccc(C)c3)c2cc1OC. The molecule has 1 aromatic heterocycles. The minimum atomic E-state index is -0.391. The molecule has 124 valence electrons. The summed E-state index contributed by atoms with van der Waals surface area (Å²) in [6.45, 7) is 2.03. The quantitative estimate of drug-likeness (QED) is 0.702. The summed E-state index contributed by atoms with van der Waals surface area (Å²) in [6, 6.07) is 11.8. The number of methoxy groups -OCH3 is 2. The molecule has 2 aromatic carbocycles. The Morgan fingerprint density at radius 1 is 1.08 bits per heavy atom. The smallest absolute Gasteiger partial charge is 0.161 e. The summed E-state index contributed by atoms with van der Waals surface area (Å²) in [5, 5.41) is 13.2. The standard InChI is InChI=1S/C18H20N4O2/c1-11-5-4-6-12(7-11)17(19)21-18-14-9-16(24-3)15(23-2)8-13(14)10-20-22-18/h4-10,17H,19H2,1-3H3,(H,21,22)/t17-/m0/s1. The number of aryl methyl sites for hydroxylation is 1.